The maximum Gasteiger partial charge on any atom is 0.393 e. The van der Waals surface area contributed by atoms with Crippen LogP contribution in [0.4, 0.5) is 13.2 Å². The first kappa shape index (κ1) is 14.2. The maximum atomic E-state index is 12.5. The number of likely N-dealkylation sites (tertiary alicyclic amines) is 1. The van der Waals surface area contributed by atoms with Gasteiger partial charge < -0.3 is 15.7 Å². The summed E-state index contributed by atoms with van der Waals surface area (Å²) in [5, 5.41) is 8.82. The van der Waals surface area contributed by atoms with Crippen molar-refractivity contribution < 1.29 is 23.1 Å². The summed E-state index contributed by atoms with van der Waals surface area (Å²) in [5.41, 5.74) is 4.02. The number of carbonyl (C=O) groups is 1. The molecule has 0 bridgehead atoms. The van der Waals surface area contributed by atoms with E-state index in [1.807, 2.05) is 0 Å². The molecule has 0 amide bonds. The average molecular weight is 254 g/mol. The summed E-state index contributed by atoms with van der Waals surface area (Å²) in [7, 11) is 0. The summed E-state index contributed by atoms with van der Waals surface area (Å²) in [4.78, 5) is 12.3. The van der Waals surface area contributed by atoms with Gasteiger partial charge in [-0.15, -0.1) is 0 Å². The summed E-state index contributed by atoms with van der Waals surface area (Å²) >= 11 is 0. The zero-order valence-electron chi connectivity index (χ0n) is 9.63. The Morgan fingerprint density at radius 3 is 2.59 bits per heavy atom. The number of nitrogens with two attached hydrogens (primary N) is 1. The Morgan fingerprint density at radius 2 is 2.12 bits per heavy atom. The molecule has 100 valence electrons. The fraction of sp³-hybridized carbons (Fsp3) is 0.900. The third-order valence-corrected chi connectivity index (χ3v) is 3.01. The molecule has 1 aliphatic heterocycles. The van der Waals surface area contributed by atoms with Gasteiger partial charge in [0.2, 0.25) is 0 Å². The molecular formula is C10H17F3N2O2. The highest BCUT2D eigenvalue weighted by molar-refractivity contribution is 5.78. The van der Waals surface area contributed by atoms with E-state index in [0.29, 0.717) is 13.0 Å². The molecule has 0 aromatic heterocycles. The smallest absolute Gasteiger partial charge is 0.393 e. The van der Waals surface area contributed by atoms with Gasteiger partial charge in [0.15, 0.2) is 0 Å². The first-order chi connectivity index (χ1) is 7.63. The maximum absolute atomic E-state index is 12.5. The molecule has 0 saturated carbocycles. The van der Waals surface area contributed by atoms with Gasteiger partial charge in [-0.25, -0.2) is 0 Å². The lowest BCUT2D eigenvalue weighted by molar-refractivity contribution is -0.187. The molecular weight excluding hydrogens is 237 g/mol. The largest absolute Gasteiger partial charge is 0.480 e. The van der Waals surface area contributed by atoms with Crippen LogP contribution in [0.25, 0.3) is 0 Å². The molecule has 1 saturated heterocycles. The van der Waals surface area contributed by atoms with Crippen molar-refractivity contribution in [1.29, 1.82) is 0 Å². The molecule has 1 rings (SSSR count). The highest BCUT2D eigenvalue weighted by Gasteiger charge is 2.43. The molecule has 2 atom stereocenters. The van der Waals surface area contributed by atoms with Crippen molar-refractivity contribution >= 4 is 5.97 Å². The van der Waals surface area contributed by atoms with Crippen molar-refractivity contribution in [1.82, 2.24) is 4.90 Å². The third kappa shape index (κ3) is 3.85. The van der Waals surface area contributed by atoms with E-state index in [2.05, 4.69) is 0 Å². The first-order valence-electron chi connectivity index (χ1n) is 5.44. The van der Waals surface area contributed by atoms with E-state index in [4.69, 9.17) is 10.8 Å². The fourth-order valence-corrected chi connectivity index (χ4v) is 2.00. The highest BCUT2D eigenvalue weighted by Crippen LogP contribution is 2.33. The van der Waals surface area contributed by atoms with E-state index in [9.17, 15) is 18.0 Å². The normalized spacial score (nSPS) is 26.5. The van der Waals surface area contributed by atoms with E-state index in [1.165, 1.54) is 11.8 Å². The monoisotopic (exact) mass is 254 g/mol. The van der Waals surface area contributed by atoms with Crippen LogP contribution in [0.2, 0.25) is 0 Å². The Balaban J connectivity index is 2.59. The van der Waals surface area contributed by atoms with Crippen molar-refractivity contribution in [2.45, 2.75) is 31.5 Å². The number of nitrogens with zero attached hydrogens (tertiary/aromatic N) is 1. The summed E-state index contributed by atoms with van der Waals surface area (Å²) in [6, 6.07) is 0. The molecule has 0 aromatic carbocycles. The van der Waals surface area contributed by atoms with Crippen molar-refractivity contribution in [3.05, 3.63) is 0 Å². The molecule has 0 aromatic rings. The van der Waals surface area contributed by atoms with Gasteiger partial charge in [0, 0.05) is 13.1 Å². The van der Waals surface area contributed by atoms with E-state index in [1.54, 1.807) is 0 Å². The van der Waals surface area contributed by atoms with Gasteiger partial charge in [0.05, 0.1) is 5.92 Å². The minimum Gasteiger partial charge on any atom is -0.480 e. The molecule has 1 fully saturated rings. The van der Waals surface area contributed by atoms with Gasteiger partial charge in [0.1, 0.15) is 5.54 Å². The lowest BCUT2D eigenvalue weighted by Crippen LogP contribution is -2.56. The van der Waals surface area contributed by atoms with Crippen molar-refractivity contribution in [2.24, 2.45) is 11.7 Å². The van der Waals surface area contributed by atoms with Crippen molar-refractivity contribution in [2.75, 3.05) is 19.6 Å². The predicted molar refractivity (Wildman–Crippen MR) is 55.4 cm³/mol. The summed E-state index contributed by atoms with van der Waals surface area (Å²) in [5.74, 6) is -2.58. The van der Waals surface area contributed by atoms with Crippen molar-refractivity contribution in [3.8, 4) is 0 Å². The number of rotatable bonds is 3. The number of carboxylic acid groups (broad SMARTS) is 1. The number of halogens is 3. The SMILES string of the molecule is CC(N)(CN1CCCC(C(F)(F)F)C1)C(=O)O. The van der Waals surface area contributed by atoms with Crippen LogP contribution in [-0.2, 0) is 4.79 Å². The first-order valence-corrected chi connectivity index (χ1v) is 5.44. The van der Waals surface area contributed by atoms with Gasteiger partial charge in [-0.1, -0.05) is 0 Å². The van der Waals surface area contributed by atoms with E-state index in [-0.39, 0.29) is 19.5 Å². The van der Waals surface area contributed by atoms with Crippen LogP contribution in [0.5, 0.6) is 0 Å². The minimum atomic E-state index is -4.22. The molecule has 1 aliphatic rings. The zero-order valence-corrected chi connectivity index (χ0v) is 9.63. The van der Waals surface area contributed by atoms with Crippen LogP contribution in [0, 0.1) is 5.92 Å². The second-order valence-corrected chi connectivity index (χ2v) is 4.84. The molecule has 0 radical (unpaired) electrons. The van der Waals surface area contributed by atoms with E-state index < -0.39 is 23.6 Å². The number of carboxylic acids is 1. The lowest BCUT2D eigenvalue weighted by Gasteiger charge is -2.36. The van der Waals surface area contributed by atoms with Gasteiger partial charge in [-0.2, -0.15) is 13.2 Å². The Kier molecular flexibility index (Phi) is 4.03. The quantitative estimate of drug-likeness (QED) is 0.790. The Bertz CT molecular complexity index is 292. The molecule has 7 heteroatoms. The van der Waals surface area contributed by atoms with E-state index in [0.717, 1.165) is 0 Å². The zero-order chi connectivity index (χ0) is 13.3. The number of hydrogen-bond acceptors (Lipinski definition) is 3. The van der Waals surface area contributed by atoms with E-state index >= 15 is 0 Å². The Hall–Kier alpha value is -0.820. The van der Waals surface area contributed by atoms with Gasteiger partial charge in [0.25, 0.3) is 0 Å². The lowest BCUT2D eigenvalue weighted by atomic mass is 9.95. The summed E-state index contributed by atoms with van der Waals surface area (Å²) < 4.78 is 37.6. The van der Waals surface area contributed by atoms with Crippen LogP contribution in [0.15, 0.2) is 0 Å². The van der Waals surface area contributed by atoms with Crippen LogP contribution >= 0.6 is 0 Å². The van der Waals surface area contributed by atoms with Crippen LogP contribution in [0.3, 0.4) is 0 Å². The second kappa shape index (κ2) is 4.81. The number of aliphatic carboxylic acids is 1. The van der Waals surface area contributed by atoms with Crippen LogP contribution in [0.1, 0.15) is 19.8 Å². The highest BCUT2D eigenvalue weighted by atomic mass is 19.4. The van der Waals surface area contributed by atoms with Crippen molar-refractivity contribution in [3.63, 3.8) is 0 Å². The molecule has 2 unspecified atom stereocenters. The number of hydrogen-bond donors (Lipinski definition) is 2. The fourth-order valence-electron chi connectivity index (χ4n) is 2.00. The third-order valence-electron chi connectivity index (χ3n) is 3.01. The standard InChI is InChI=1S/C10H17F3N2O2/c1-9(14,8(16)17)6-15-4-2-3-7(5-15)10(11,12)13/h7H,2-6,14H2,1H3,(H,16,17). The molecule has 4 nitrogen and oxygen atoms in total. The molecule has 17 heavy (non-hydrogen) atoms. The minimum absolute atomic E-state index is 0.0606. The summed E-state index contributed by atoms with van der Waals surface area (Å²) in [6.45, 7) is 1.55. The molecule has 1 heterocycles. The second-order valence-electron chi connectivity index (χ2n) is 4.84. The average Bonchev–Trinajstić information content (AvgIpc) is 2.15. The van der Waals surface area contributed by atoms with Gasteiger partial charge >= 0.3 is 12.1 Å². The topological polar surface area (TPSA) is 66.6 Å². The number of alkyl halides is 3. The Labute approximate surface area is 97.6 Å². The molecule has 0 spiro atoms. The molecule has 3 N–H and O–H groups in total. The molecule has 0 aliphatic carbocycles. The van der Waals surface area contributed by atoms with Crippen LogP contribution in [-0.4, -0.2) is 47.3 Å². The number of piperidine rings is 1. The van der Waals surface area contributed by atoms with Crippen LogP contribution < -0.4 is 5.73 Å². The predicted octanol–water partition coefficient (Wildman–Crippen LogP) is 1.06. The van der Waals surface area contributed by atoms with Gasteiger partial charge in [-0.3, -0.25) is 4.79 Å². The summed E-state index contributed by atoms with van der Waals surface area (Å²) in [6.07, 6.45) is -3.69. The van der Waals surface area contributed by atoms with Gasteiger partial charge in [-0.05, 0) is 26.3 Å². The Morgan fingerprint density at radius 1 is 1.53 bits per heavy atom.